The maximum Gasteiger partial charge on any atom is 0.123 e. The van der Waals surface area contributed by atoms with Crippen molar-refractivity contribution in [2.75, 3.05) is 13.2 Å². The lowest BCUT2D eigenvalue weighted by Crippen LogP contribution is -2.31. The van der Waals surface area contributed by atoms with Gasteiger partial charge in [-0.3, -0.25) is 0 Å². The molecular formula is C15H21FO2. The van der Waals surface area contributed by atoms with Gasteiger partial charge in [0.15, 0.2) is 0 Å². The zero-order valence-corrected chi connectivity index (χ0v) is 10.9. The summed E-state index contributed by atoms with van der Waals surface area (Å²) in [6.45, 7) is 3.34. The van der Waals surface area contributed by atoms with Crippen molar-refractivity contribution in [3.8, 4) is 0 Å². The Bertz CT molecular complexity index is 359. The van der Waals surface area contributed by atoms with E-state index in [0.29, 0.717) is 13.2 Å². The van der Waals surface area contributed by atoms with E-state index in [1.165, 1.54) is 31.4 Å². The zero-order chi connectivity index (χ0) is 12.8. The molecule has 0 bridgehead atoms. The molecule has 1 aliphatic rings. The molecule has 1 heterocycles. The average Bonchev–Trinajstić information content (AvgIpc) is 2.40. The Hall–Kier alpha value is -0.930. The van der Waals surface area contributed by atoms with E-state index in [9.17, 15) is 4.39 Å². The molecule has 0 spiro atoms. The third-order valence-corrected chi connectivity index (χ3v) is 3.32. The van der Waals surface area contributed by atoms with Gasteiger partial charge < -0.3 is 9.47 Å². The molecule has 1 fully saturated rings. The molecule has 1 aromatic carbocycles. The summed E-state index contributed by atoms with van der Waals surface area (Å²) in [6.07, 6.45) is 4.80. The van der Waals surface area contributed by atoms with Crippen molar-refractivity contribution in [3.63, 3.8) is 0 Å². The first-order chi connectivity index (χ1) is 8.79. The van der Waals surface area contributed by atoms with Crippen molar-refractivity contribution in [2.45, 2.75) is 44.8 Å². The Morgan fingerprint density at radius 2 is 2.11 bits per heavy atom. The summed E-state index contributed by atoms with van der Waals surface area (Å²) in [4.78, 5) is 0. The van der Waals surface area contributed by atoms with Gasteiger partial charge in [0.25, 0.3) is 0 Å². The average molecular weight is 252 g/mol. The molecule has 18 heavy (non-hydrogen) atoms. The Kier molecular flexibility index (Phi) is 5.14. The first-order valence-corrected chi connectivity index (χ1v) is 6.78. The molecule has 0 aliphatic carbocycles. The van der Waals surface area contributed by atoms with Crippen LogP contribution in [0.25, 0.3) is 0 Å². The van der Waals surface area contributed by atoms with E-state index in [1.807, 2.05) is 6.07 Å². The molecule has 2 nitrogen and oxygen atoms in total. The van der Waals surface area contributed by atoms with Crippen LogP contribution >= 0.6 is 0 Å². The van der Waals surface area contributed by atoms with Crippen LogP contribution in [0.1, 0.15) is 44.3 Å². The van der Waals surface area contributed by atoms with Crippen molar-refractivity contribution < 1.29 is 13.9 Å². The smallest absolute Gasteiger partial charge is 0.123 e. The van der Waals surface area contributed by atoms with E-state index in [4.69, 9.17) is 9.47 Å². The fraction of sp³-hybridized carbons (Fsp3) is 0.600. The number of hydrogen-bond donors (Lipinski definition) is 0. The SMILES string of the molecule is CCCCC[C@@H]1CO[C@@H](c2cccc(F)c2)CO1. The summed E-state index contributed by atoms with van der Waals surface area (Å²) < 4.78 is 24.7. The first kappa shape index (κ1) is 13.5. The molecule has 0 radical (unpaired) electrons. The standard InChI is InChI=1S/C15H21FO2/c1-2-3-4-8-14-10-18-15(11-17-14)12-6-5-7-13(16)9-12/h5-7,9,14-15H,2-4,8,10-11H2,1H3/t14-,15-/m1/s1. The summed E-state index contributed by atoms with van der Waals surface area (Å²) in [5.41, 5.74) is 0.863. The highest BCUT2D eigenvalue weighted by atomic mass is 19.1. The third-order valence-electron chi connectivity index (χ3n) is 3.32. The largest absolute Gasteiger partial charge is 0.373 e. The highest BCUT2D eigenvalue weighted by Gasteiger charge is 2.23. The second-order valence-electron chi connectivity index (χ2n) is 4.83. The first-order valence-electron chi connectivity index (χ1n) is 6.78. The van der Waals surface area contributed by atoms with Gasteiger partial charge >= 0.3 is 0 Å². The summed E-state index contributed by atoms with van der Waals surface area (Å²) in [6, 6.07) is 6.56. The second-order valence-corrected chi connectivity index (χ2v) is 4.83. The topological polar surface area (TPSA) is 18.5 Å². The van der Waals surface area contributed by atoms with Gasteiger partial charge in [-0.2, -0.15) is 0 Å². The zero-order valence-electron chi connectivity index (χ0n) is 10.9. The van der Waals surface area contributed by atoms with Gasteiger partial charge in [0.2, 0.25) is 0 Å². The molecule has 1 saturated heterocycles. The van der Waals surface area contributed by atoms with E-state index >= 15 is 0 Å². The van der Waals surface area contributed by atoms with E-state index in [0.717, 1.165) is 12.0 Å². The van der Waals surface area contributed by atoms with Gasteiger partial charge in [0.05, 0.1) is 19.3 Å². The number of unbranched alkanes of at least 4 members (excludes halogenated alkanes) is 2. The minimum Gasteiger partial charge on any atom is -0.373 e. The fourth-order valence-corrected chi connectivity index (χ4v) is 2.23. The van der Waals surface area contributed by atoms with Crippen LogP contribution in [0, 0.1) is 5.82 Å². The van der Waals surface area contributed by atoms with Gasteiger partial charge in [0, 0.05) is 0 Å². The van der Waals surface area contributed by atoms with Crippen LogP contribution in [0.4, 0.5) is 4.39 Å². The van der Waals surface area contributed by atoms with E-state index in [-0.39, 0.29) is 18.0 Å². The minimum atomic E-state index is -0.221. The van der Waals surface area contributed by atoms with Crippen LogP contribution in [-0.4, -0.2) is 19.3 Å². The molecular weight excluding hydrogens is 231 g/mol. The van der Waals surface area contributed by atoms with Crippen molar-refractivity contribution in [1.82, 2.24) is 0 Å². The molecule has 100 valence electrons. The summed E-state index contributed by atoms with van der Waals surface area (Å²) >= 11 is 0. The Morgan fingerprint density at radius 1 is 1.22 bits per heavy atom. The molecule has 0 N–H and O–H groups in total. The van der Waals surface area contributed by atoms with E-state index < -0.39 is 0 Å². The molecule has 3 heteroatoms. The molecule has 0 aromatic heterocycles. The number of hydrogen-bond acceptors (Lipinski definition) is 2. The number of ether oxygens (including phenoxy) is 2. The van der Waals surface area contributed by atoms with Crippen LogP contribution in [0.2, 0.25) is 0 Å². The maximum atomic E-state index is 13.1. The van der Waals surface area contributed by atoms with E-state index in [2.05, 4.69) is 6.92 Å². The van der Waals surface area contributed by atoms with Crippen LogP contribution in [-0.2, 0) is 9.47 Å². The van der Waals surface area contributed by atoms with Crippen molar-refractivity contribution in [1.29, 1.82) is 0 Å². The van der Waals surface area contributed by atoms with Crippen molar-refractivity contribution >= 4 is 0 Å². The van der Waals surface area contributed by atoms with Crippen LogP contribution in [0.15, 0.2) is 24.3 Å². The molecule has 1 aliphatic heterocycles. The predicted octanol–water partition coefficient (Wildman–Crippen LogP) is 3.86. The van der Waals surface area contributed by atoms with Crippen LogP contribution in [0.3, 0.4) is 0 Å². The quantitative estimate of drug-likeness (QED) is 0.741. The summed E-state index contributed by atoms with van der Waals surface area (Å²) in [5.74, 6) is -0.221. The highest BCUT2D eigenvalue weighted by Crippen LogP contribution is 2.25. The lowest BCUT2D eigenvalue weighted by atomic mass is 10.1. The Morgan fingerprint density at radius 3 is 2.78 bits per heavy atom. The molecule has 2 rings (SSSR count). The fourth-order valence-electron chi connectivity index (χ4n) is 2.23. The van der Waals surface area contributed by atoms with E-state index in [1.54, 1.807) is 6.07 Å². The maximum absolute atomic E-state index is 13.1. The number of benzene rings is 1. The summed E-state index contributed by atoms with van der Waals surface area (Å²) in [7, 11) is 0. The Labute approximate surface area is 108 Å². The lowest BCUT2D eigenvalue weighted by molar-refractivity contribution is -0.137. The normalized spacial score (nSPS) is 24.1. The molecule has 0 unspecified atom stereocenters. The van der Waals surface area contributed by atoms with Crippen molar-refractivity contribution in [3.05, 3.63) is 35.6 Å². The highest BCUT2D eigenvalue weighted by molar-refractivity contribution is 5.19. The second kappa shape index (κ2) is 6.86. The van der Waals surface area contributed by atoms with Gasteiger partial charge in [0.1, 0.15) is 11.9 Å². The van der Waals surface area contributed by atoms with Crippen LogP contribution < -0.4 is 0 Å². The monoisotopic (exact) mass is 252 g/mol. The molecule has 0 saturated carbocycles. The molecule has 2 atom stereocenters. The van der Waals surface area contributed by atoms with Gasteiger partial charge in [-0.15, -0.1) is 0 Å². The van der Waals surface area contributed by atoms with Crippen molar-refractivity contribution in [2.24, 2.45) is 0 Å². The lowest BCUT2D eigenvalue weighted by Gasteiger charge is -2.29. The van der Waals surface area contributed by atoms with Gasteiger partial charge in [-0.1, -0.05) is 38.3 Å². The third kappa shape index (κ3) is 3.79. The van der Waals surface area contributed by atoms with Crippen LogP contribution in [0.5, 0.6) is 0 Å². The number of halogens is 1. The Balaban J connectivity index is 1.79. The number of rotatable bonds is 5. The molecule has 0 amide bonds. The predicted molar refractivity (Wildman–Crippen MR) is 69.0 cm³/mol. The minimum absolute atomic E-state index is 0.122. The van der Waals surface area contributed by atoms with Gasteiger partial charge in [-0.05, 0) is 24.1 Å². The molecule has 1 aromatic rings. The van der Waals surface area contributed by atoms with Gasteiger partial charge in [-0.25, -0.2) is 4.39 Å². The summed E-state index contributed by atoms with van der Waals surface area (Å²) in [5, 5.41) is 0.